The summed E-state index contributed by atoms with van der Waals surface area (Å²) in [5.74, 6) is 1.54. The van der Waals surface area contributed by atoms with Crippen molar-refractivity contribution in [1.29, 1.82) is 0 Å². The summed E-state index contributed by atoms with van der Waals surface area (Å²) >= 11 is 0. The Morgan fingerprint density at radius 3 is 2.36 bits per heavy atom. The van der Waals surface area contributed by atoms with Gasteiger partial charge >= 0.3 is 5.97 Å². The lowest BCUT2D eigenvalue weighted by atomic mass is 10.0. The summed E-state index contributed by atoms with van der Waals surface area (Å²) in [5, 5.41) is 0.840. The molecule has 0 bridgehead atoms. The zero-order valence-electron chi connectivity index (χ0n) is 13.8. The van der Waals surface area contributed by atoms with E-state index in [9.17, 15) is 9.59 Å². The normalized spacial score (nSPS) is 17.6. The van der Waals surface area contributed by atoms with Crippen LogP contribution in [0.5, 0.6) is 0 Å². The van der Waals surface area contributed by atoms with Crippen LogP contribution < -0.4 is 0 Å². The third-order valence-electron chi connectivity index (χ3n) is 3.86. The van der Waals surface area contributed by atoms with Crippen molar-refractivity contribution in [2.45, 2.75) is 82.8 Å². The number of carbonyl (C=O) groups is 2. The molecule has 0 saturated carbocycles. The molecule has 1 heterocycles. The zero-order chi connectivity index (χ0) is 16.0. The van der Waals surface area contributed by atoms with E-state index in [1.165, 1.54) is 31.9 Å². The van der Waals surface area contributed by atoms with E-state index in [2.05, 4.69) is 0 Å². The summed E-state index contributed by atoms with van der Waals surface area (Å²) in [6, 6.07) is 0. The van der Waals surface area contributed by atoms with Crippen molar-refractivity contribution in [3.05, 3.63) is 0 Å². The number of ether oxygens (including phenoxy) is 1. The van der Waals surface area contributed by atoms with Crippen molar-refractivity contribution in [3.8, 4) is 0 Å². The fraction of sp³-hybridized carbons (Fsp3) is 0.882. The Balaban J connectivity index is 1.79. The molecule has 1 fully saturated rings. The van der Waals surface area contributed by atoms with E-state index in [0.29, 0.717) is 12.4 Å². The molecule has 0 N–H and O–H groups in total. The predicted molar refractivity (Wildman–Crippen MR) is 96.3 cm³/mol. The molecule has 3 nitrogen and oxygen atoms in total. The van der Waals surface area contributed by atoms with Crippen LogP contribution in [0.15, 0.2) is 0 Å². The Hall–Kier alpha value is -0.160. The lowest BCUT2D eigenvalue weighted by Crippen LogP contribution is -2.01. The van der Waals surface area contributed by atoms with Crippen LogP contribution in [0.1, 0.15) is 77.6 Å². The van der Waals surface area contributed by atoms with Gasteiger partial charge in [0.05, 0.1) is 6.61 Å². The highest BCUT2D eigenvalue weighted by molar-refractivity contribution is 8.77. The third kappa shape index (κ3) is 11.4. The Labute approximate surface area is 143 Å². The smallest absolute Gasteiger partial charge is 0.302 e. The van der Waals surface area contributed by atoms with Gasteiger partial charge in [-0.2, -0.15) is 0 Å². The second-order valence-electron chi connectivity index (χ2n) is 5.97. The molecular weight excluding hydrogens is 316 g/mol. The van der Waals surface area contributed by atoms with Crippen LogP contribution in [0.25, 0.3) is 0 Å². The quantitative estimate of drug-likeness (QED) is 0.261. The van der Waals surface area contributed by atoms with Gasteiger partial charge in [0, 0.05) is 30.8 Å². The molecule has 0 aromatic rings. The molecule has 1 aliphatic rings. The maximum Gasteiger partial charge on any atom is 0.302 e. The van der Waals surface area contributed by atoms with E-state index >= 15 is 0 Å². The summed E-state index contributed by atoms with van der Waals surface area (Å²) in [6.45, 7) is 1.98. The Kier molecular flexibility index (Phi) is 12.0. The first-order valence-corrected chi connectivity index (χ1v) is 11.0. The molecule has 1 atom stereocenters. The molecule has 1 aliphatic heterocycles. The van der Waals surface area contributed by atoms with Gasteiger partial charge < -0.3 is 4.74 Å². The number of rotatable bonds is 13. The average Bonchev–Trinajstić information content (AvgIpc) is 2.99. The van der Waals surface area contributed by atoms with Crippen LogP contribution in [0.3, 0.4) is 0 Å². The number of unbranched alkanes of at least 4 members (excludes halogenated alkanes) is 5. The van der Waals surface area contributed by atoms with Crippen LogP contribution in [-0.4, -0.2) is 29.4 Å². The van der Waals surface area contributed by atoms with Crippen LogP contribution in [-0.2, 0) is 14.3 Å². The Morgan fingerprint density at radius 1 is 1.00 bits per heavy atom. The zero-order valence-corrected chi connectivity index (χ0v) is 15.4. The highest BCUT2D eigenvalue weighted by Crippen LogP contribution is 2.39. The maximum atomic E-state index is 11.8. The molecule has 0 aromatic carbocycles. The van der Waals surface area contributed by atoms with Gasteiger partial charge in [-0.3, -0.25) is 9.59 Å². The van der Waals surface area contributed by atoms with E-state index in [1.807, 2.05) is 21.6 Å². The molecule has 1 saturated heterocycles. The van der Waals surface area contributed by atoms with Gasteiger partial charge in [0.15, 0.2) is 0 Å². The van der Waals surface area contributed by atoms with Crippen molar-refractivity contribution in [3.63, 3.8) is 0 Å². The van der Waals surface area contributed by atoms with Gasteiger partial charge in [0.2, 0.25) is 0 Å². The van der Waals surface area contributed by atoms with E-state index in [0.717, 1.165) is 56.6 Å². The van der Waals surface area contributed by atoms with Gasteiger partial charge in [-0.25, -0.2) is 0 Å². The molecule has 1 unspecified atom stereocenters. The lowest BCUT2D eigenvalue weighted by Gasteiger charge is -2.06. The van der Waals surface area contributed by atoms with Gasteiger partial charge in [0.25, 0.3) is 0 Å². The third-order valence-corrected chi connectivity index (χ3v) is 6.87. The fourth-order valence-corrected chi connectivity index (χ4v) is 5.58. The second-order valence-corrected chi connectivity index (χ2v) is 8.76. The summed E-state index contributed by atoms with van der Waals surface area (Å²) in [6.07, 6.45) is 11.7. The van der Waals surface area contributed by atoms with Gasteiger partial charge in [-0.15, -0.1) is 0 Å². The predicted octanol–water partition coefficient (Wildman–Crippen LogP) is 5.17. The van der Waals surface area contributed by atoms with E-state index < -0.39 is 0 Å². The molecule has 0 amide bonds. The number of hydrogen-bond acceptors (Lipinski definition) is 5. The molecular formula is C17H30O3S2. The molecule has 0 radical (unpaired) electrons. The van der Waals surface area contributed by atoms with Crippen LogP contribution in [0.4, 0.5) is 0 Å². The van der Waals surface area contributed by atoms with Crippen LogP contribution in [0.2, 0.25) is 0 Å². The summed E-state index contributed by atoms with van der Waals surface area (Å²) in [4.78, 5) is 22.4. The van der Waals surface area contributed by atoms with Gasteiger partial charge in [-0.05, 0) is 32.1 Å². The molecule has 0 spiro atoms. The molecule has 0 aromatic heterocycles. The average molecular weight is 347 g/mol. The number of Topliss-reactive ketones (excluding diaryl/α,β-unsaturated/α-hetero) is 1. The van der Waals surface area contributed by atoms with Crippen molar-refractivity contribution in [2.24, 2.45) is 0 Å². The van der Waals surface area contributed by atoms with Crippen LogP contribution in [0, 0.1) is 0 Å². The topological polar surface area (TPSA) is 43.4 Å². The minimum atomic E-state index is -0.198. The van der Waals surface area contributed by atoms with Gasteiger partial charge in [0.1, 0.15) is 5.78 Å². The summed E-state index contributed by atoms with van der Waals surface area (Å²) in [5.41, 5.74) is 0. The van der Waals surface area contributed by atoms with E-state index in [-0.39, 0.29) is 5.97 Å². The van der Waals surface area contributed by atoms with E-state index in [4.69, 9.17) is 4.74 Å². The number of esters is 1. The first-order chi connectivity index (χ1) is 10.7. The minimum Gasteiger partial charge on any atom is -0.466 e. The summed E-state index contributed by atoms with van der Waals surface area (Å²) in [7, 11) is 4.03. The number of carbonyl (C=O) groups excluding carboxylic acids is 2. The van der Waals surface area contributed by atoms with E-state index in [1.54, 1.807) is 0 Å². The van der Waals surface area contributed by atoms with Crippen molar-refractivity contribution < 1.29 is 14.3 Å². The van der Waals surface area contributed by atoms with Crippen molar-refractivity contribution >= 4 is 33.3 Å². The first kappa shape index (κ1) is 19.9. The Bertz CT molecular complexity index is 315. The minimum absolute atomic E-state index is 0.198. The van der Waals surface area contributed by atoms with Crippen molar-refractivity contribution in [1.82, 2.24) is 0 Å². The Morgan fingerprint density at radius 2 is 1.68 bits per heavy atom. The lowest BCUT2D eigenvalue weighted by molar-refractivity contribution is -0.141. The number of hydrogen-bond donors (Lipinski definition) is 0. The second kappa shape index (κ2) is 13.3. The van der Waals surface area contributed by atoms with Gasteiger partial charge in [-0.1, -0.05) is 47.3 Å². The highest BCUT2D eigenvalue weighted by atomic mass is 33.1. The highest BCUT2D eigenvalue weighted by Gasteiger charge is 2.15. The molecule has 22 heavy (non-hydrogen) atoms. The maximum absolute atomic E-state index is 11.8. The molecule has 1 rings (SSSR count). The molecule has 5 heteroatoms. The standard InChI is InChI=1S/C17H30O3S2/c1-15(18)20-13-8-4-2-3-5-9-16(19)10-6-7-11-17-12-14-21-22-17/h17H,2-14H2,1H3. The molecule has 0 aliphatic carbocycles. The van der Waals surface area contributed by atoms with Crippen LogP contribution >= 0.6 is 21.6 Å². The number of ketones is 1. The SMILES string of the molecule is CC(=O)OCCCCCCCC(=O)CCCCC1CCSS1. The van der Waals surface area contributed by atoms with Crippen molar-refractivity contribution in [2.75, 3.05) is 12.4 Å². The molecule has 128 valence electrons. The first-order valence-electron chi connectivity index (χ1n) is 8.62. The largest absolute Gasteiger partial charge is 0.466 e. The summed E-state index contributed by atoms with van der Waals surface area (Å²) < 4.78 is 4.88. The monoisotopic (exact) mass is 346 g/mol. The fourth-order valence-electron chi connectivity index (χ4n) is 2.55.